The van der Waals surface area contributed by atoms with Crippen molar-refractivity contribution >= 4 is 41.7 Å². The van der Waals surface area contributed by atoms with Gasteiger partial charge in [0.1, 0.15) is 5.82 Å². The number of ether oxygens (including phenoxy) is 1. The zero-order chi connectivity index (χ0) is 16.9. The summed E-state index contributed by atoms with van der Waals surface area (Å²) in [6.07, 6.45) is 0.339. The van der Waals surface area contributed by atoms with E-state index in [1.54, 1.807) is 6.07 Å². The number of hydrogen-bond donors (Lipinski definition) is 3. The van der Waals surface area contributed by atoms with Crippen LogP contribution in [-0.2, 0) is 9.53 Å². The van der Waals surface area contributed by atoms with Crippen LogP contribution in [0.4, 0.5) is 5.82 Å². The number of hydrogen-bond acceptors (Lipinski definition) is 4. The van der Waals surface area contributed by atoms with Crippen LogP contribution in [-0.4, -0.2) is 49.7 Å². The summed E-state index contributed by atoms with van der Waals surface area (Å²) in [5.74, 6) is 1.18. The molecule has 7 nitrogen and oxygen atoms in total. The summed E-state index contributed by atoms with van der Waals surface area (Å²) >= 11 is 0. The van der Waals surface area contributed by atoms with Gasteiger partial charge in [0, 0.05) is 31.8 Å². The highest BCUT2D eigenvalue weighted by molar-refractivity contribution is 14.0. The van der Waals surface area contributed by atoms with Gasteiger partial charge in [-0.2, -0.15) is 0 Å². The van der Waals surface area contributed by atoms with Gasteiger partial charge in [-0.25, -0.2) is 4.98 Å². The molecular weight excluding hydrogens is 421 g/mol. The Labute approximate surface area is 161 Å². The Morgan fingerprint density at radius 2 is 2.08 bits per heavy atom. The lowest BCUT2D eigenvalue weighted by atomic mass is 10.3. The number of nitrogens with one attached hydrogen (secondary N) is 3. The fourth-order valence-corrected chi connectivity index (χ4v) is 1.82. The number of nitrogens with zero attached hydrogens (tertiary/aromatic N) is 2. The van der Waals surface area contributed by atoms with E-state index in [4.69, 9.17) is 4.74 Å². The summed E-state index contributed by atoms with van der Waals surface area (Å²) in [7, 11) is 0. The molecule has 0 fully saturated rings. The number of aliphatic imine (C=N–C) groups is 1. The normalized spacial score (nSPS) is 10.7. The van der Waals surface area contributed by atoms with Crippen molar-refractivity contribution in [3.63, 3.8) is 0 Å². The van der Waals surface area contributed by atoms with E-state index in [1.807, 2.05) is 32.9 Å². The van der Waals surface area contributed by atoms with Crippen molar-refractivity contribution in [2.24, 2.45) is 4.99 Å². The van der Waals surface area contributed by atoms with Gasteiger partial charge in [-0.3, -0.25) is 9.79 Å². The number of aromatic nitrogens is 1. The van der Waals surface area contributed by atoms with E-state index < -0.39 is 0 Å². The van der Waals surface area contributed by atoms with E-state index in [0.717, 1.165) is 12.2 Å². The van der Waals surface area contributed by atoms with Crippen LogP contribution in [0.3, 0.4) is 0 Å². The fraction of sp³-hybridized carbons (Fsp3) is 0.562. The van der Waals surface area contributed by atoms with Crippen LogP contribution in [0.25, 0.3) is 0 Å². The molecule has 0 radical (unpaired) electrons. The van der Waals surface area contributed by atoms with Gasteiger partial charge in [0.25, 0.3) is 0 Å². The lowest BCUT2D eigenvalue weighted by molar-refractivity contribution is -0.116. The van der Waals surface area contributed by atoms with Crippen molar-refractivity contribution in [3.8, 4) is 0 Å². The van der Waals surface area contributed by atoms with Crippen LogP contribution in [0.2, 0.25) is 0 Å². The number of pyridine rings is 1. The van der Waals surface area contributed by atoms with Crippen molar-refractivity contribution in [1.82, 2.24) is 15.6 Å². The molecule has 1 amide bonds. The summed E-state index contributed by atoms with van der Waals surface area (Å²) in [5.41, 5.74) is 0.872. The second kappa shape index (κ2) is 14.0. The molecule has 0 aliphatic rings. The third-order valence-electron chi connectivity index (χ3n) is 2.85. The van der Waals surface area contributed by atoms with Crippen molar-refractivity contribution in [2.75, 3.05) is 38.2 Å². The second-order valence-corrected chi connectivity index (χ2v) is 4.85. The van der Waals surface area contributed by atoms with Gasteiger partial charge in [-0.1, -0.05) is 6.07 Å². The predicted octanol–water partition coefficient (Wildman–Crippen LogP) is 1.93. The number of amides is 1. The molecule has 1 rings (SSSR count). The predicted molar refractivity (Wildman–Crippen MR) is 108 cm³/mol. The summed E-state index contributed by atoms with van der Waals surface area (Å²) in [4.78, 5) is 20.5. The number of anilines is 1. The van der Waals surface area contributed by atoms with Crippen molar-refractivity contribution < 1.29 is 9.53 Å². The van der Waals surface area contributed by atoms with Crippen molar-refractivity contribution in [2.45, 2.75) is 27.2 Å². The van der Waals surface area contributed by atoms with Gasteiger partial charge in [-0.15, -0.1) is 24.0 Å². The minimum absolute atomic E-state index is 0. The van der Waals surface area contributed by atoms with Gasteiger partial charge in [-0.05, 0) is 32.9 Å². The summed E-state index contributed by atoms with van der Waals surface area (Å²) in [5, 5.41) is 9.04. The molecule has 0 saturated heterocycles. The van der Waals surface area contributed by atoms with Gasteiger partial charge >= 0.3 is 0 Å². The first-order chi connectivity index (χ1) is 11.2. The number of halogens is 1. The summed E-state index contributed by atoms with van der Waals surface area (Å²) in [6, 6.07) is 5.53. The quantitative estimate of drug-likeness (QED) is 0.232. The Hall–Kier alpha value is -1.42. The largest absolute Gasteiger partial charge is 0.380 e. The van der Waals surface area contributed by atoms with Crippen molar-refractivity contribution in [1.29, 1.82) is 0 Å². The maximum atomic E-state index is 11.9. The van der Waals surface area contributed by atoms with Gasteiger partial charge in [0.05, 0.1) is 13.2 Å². The first-order valence-corrected chi connectivity index (χ1v) is 7.99. The van der Waals surface area contributed by atoms with E-state index in [1.165, 1.54) is 0 Å². The number of aryl methyl sites for hydroxylation is 1. The summed E-state index contributed by atoms with van der Waals surface area (Å²) in [6.45, 7) is 8.96. The molecule has 0 atom stereocenters. The van der Waals surface area contributed by atoms with Crippen molar-refractivity contribution in [3.05, 3.63) is 23.9 Å². The van der Waals surface area contributed by atoms with Gasteiger partial charge < -0.3 is 20.7 Å². The molecule has 1 heterocycles. The molecule has 0 aromatic carbocycles. The molecule has 24 heavy (non-hydrogen) atoms. The number of rotatable bonds is 9. The lowest BCUT2D eigenvalue weighted by Gasteiger charge is -2.11. The molecular formula is C16H28IN5O2. The number of carbonyl (C=O) groups excluding carboxylic acids is 1. The Morgan fingerprint density at radius 3 is 2.75 bits per heavy atom. The minimum Gasteiger partial charge on any atom is -0.380 e. The van der Waals surface area contributed by atoms with E-state index in [9.17, 15) is 4.79 Å². The topological polar surface area (TPSA) is 87.6 Å². The molecule has 3 N–H and O–H groups in total. The Bertz CT molecular complexity index is 511. The second-order valence-electron chi connectivity index (χ2n) is 4.85. The molecule has 0 aliphatic carbocycles. The van der Waals surface area contributed by atoms with Crippen LogP contribution in [0.1, 0.15) is 26.0 Å². The maximum Gasteiger partial charge on any atom is 0.227 e. The highest BCUT2D eigenvalue weighted by Crippen LogP contribution is 2.03. The van der Waals surface area contributed by atoms with Crippen LogP contribution in [0.15, 0.2) is 23.2 Å². The monoisotopic (exact) mass is 449 g/mol. The standard InChI is InChI=1S/C16H27N5O2.HI/c1-4-17-16(19-11-12-23-5-2)18-10-9-15(22)21-14-8-6-7-13(3)20-14;/h6-8H,4-5,9-12H2,1-3H3,(H2,17,18,19)(H,20,21,22);1H. The highest BCUT2D eigenvalue weighted by atomic mass is 127. The fourth-order valence-electron chi connectivity index (χ4n) is 1.82. The molecule has 1 aromatic rings. The molecule has 8 heteroatoms. The zero-order valence-electron chi connectivity index (χ0n) is 14.6. The van der Waals surface area contributed by atoms with Gasteiger partial charge in [0.2, 0.25) is 5.91 Å². The maximum absolute atomic E-state index is 11.9. The van der Waals surface area contributed by atoms with Crippen LogP contribution >= 0.6 is 24.0 Å². The molecule has 1 aromatic heterocycles. The number of guanidine groups is 1. The van der Waals surface area contributed by atoms with E-state index in [-0.39, 0.29) is 29.9 Å². The van der Waals surface area contributed by atoms with Crippen LogP contribution in [0, 0.1) is 6.92 Å². The van der Waals surface area contributed by atoms with E-state index in [2.05, 4.69) is 25.9 Å². The Balaban J connectivity index is 0.00000529. The van der Waals surface area contributed by atoms with E-state index in [0.29, 0.717) is 44.5 Å². The average molecular weight is 449 g/mol. The third kappa shape index (κ3) is 10.4. The Kier molecular flexibility index (Phi) is 13.1. The van der Waals surface area contributed by atoms with Gasteiger partial charge in [0.15, 0.2) is 5.96 Å². The smallest absolute Gasteiger partial charge is 0.227 e. The average Bonchev–Trinajstić information content (AvgIpc) is 2.51. The SMILES string of the molecule is CCNC(=NCCOCC)NCCC(=O)Nc1cccc(C)n1.I. The summed E-state index contributed by atoms with van der Waals surface area (Å²) < 4.78 is 5.25. The lowest BCUT2D eigenvalue weighted by Crippen LogP contribution is -2.39. The number of carbonyl (C=O) groups is 1. The molecule has 0 saturated carbocycles. The third-order valence-corrected chi connectivity index (χ3v) is 2.85. The van der Waals surface area contributed by atoms with Crippen LogP contribution in [0.5, 0.6) is 0 Å². The molecule has 0 spiro atoms. The Morgan fingerprint density at radius 1 is 1.29 bits per heavy atom. The zero-order valence-corrected chi connectivity index (χ0v) is 16.9. The minimum atomic E-state index is -0.0826. The first kappa shape index (κ1) is 22.6. The molecule has 136 valence electrons. The molecule has 0 bridgehead atoms. The first-order valence-electron chi connectivity index (χ1n) is 7.99. The molecule has 0 aliphatic heterocycles. The highest BCUT2D eigenvalue weighted by Gasteiger charge is 2.04. The molecule has 0 unspecified atom stereocenters. The van der Waals surface area contributed by atoms with E-state index >= 15 is 0 Å². The van der Waals surface area contributed by atoms with Crippen LogP contribution < -0.4 is 16.0 Å².